The molecule has 2 amide bonds. The zero-order valence-corrected chi connectivity index (χ0v) is 20.0. The first kappa shape index (κ1) is 26.1. The lowest BCUT2D eigenvalue weighted by Crippen LogP contribution is -2.58. The number of hydrogen-bond acceptors (Lipinski definition) is 8. The van der Waals surface area contributed by atoms with Gasteiger partial charge in [0.25, 0.3) is 0 Å². The Hall–Kier alpha value is -3.47. The van der Waals surface area contributed by atoms with Crippen LogP contribution in [0.1, 0.15) is 49.8 Å². The fourth-order valence-corrected chi connectivity index (χ4v) is 4.57. The first-order chi connectivity index (χ1) is 16.9. The highest BCUT2D eigenvalue weighted by atomic mass is 16.5. The minimum Gasteiger partial charge on any atom is -0.468 e. The second-order valence-electron chi connectivity index (χ2n) is 8.80. The Bertz CT molecular complexity index is 942. The van der Waals surface area contributed by atoms with E-state index in [1.54, 1.807) is 17.0 Å². The summed E-state index contributed by atoms with van der Waals surface area (Å²) in [5.41, 5.74) is 6.58. The van der Waals surface area contributed by atoms with Crippen LogP contribution in [0.5, 0.6) is 0 Å². The van der Waals surface area contributed by atoms with Crippen molar-refractivity contribution in [3.05, 3.63) is 41.7 Å². The van der Waals surface area contributed by atoms with Gasteiger partial charge in [0.2, 0.25) is 11.8 Å². The van der Waals surface area contributed by atoms with E-state index in [1.807, 2.05) is 12.2 Å². The predicted octanol–water partition coefficient (Wildman–Crippen LogP) is 0.661. The smallest absolute Gasteiger partial charge is 0.319 e. The Labute approximate surface area is 204 Å². The lowest BCUT2D eigenvalue weighted by Gasteiger charge is -2.38. The van der Waals surface area contributed by atoms with Crippen molar-refractivity contribution in [2.24, 2.45) is 16.8 Å². The van der Waals surface area contributed by atoms with Crippen LogP contribution in [-0.4, -0.2) is 71.0 Å². The molecular formula is C24H34N6O5. The normalized spacial score (nSPS) is 19.7. The van der Waals surface area contributed by atoms with Gasteiger partial charge in [0.1, 0.15) is 11.7 Å². The third kappa shape index (κ3) is 7.01. The van der Waals surface area contributed by atoms with Crippen molar-refractivity contribution in [2.75, 3.05) is 20.2 Å². The van der Waals surface area contributed by atoms with Crippen LogP contribution in [0.4, 0.5) is 0 Å². The summed E-state index contributed by atoms with van der Waals surface area (Å²) in [6, 6.07) is 2.12. The van der Waals surface area contributed by atoms with Crippen molar-refractivity contribution in [3.8, 4) is 0 Å². The molecule has 1 aromatic rings. The third-order valence-electron chi connectivity index (χ3n) is 6.53. The zero-order chi connectivity index (χ0) is 25.2. The number of rotatable bonds is 9. The summed E-state index contributed by atoms with van der Waals surface area (Å²) in [6.45, 7) is 0.492. The summed E-state index contributed by atoms with van der Waals surface area (Å²) >= 11 is 0. The van der Waals surface area contributed by atoms with Crippen LogP contribution in [0.15, 0.2) is 35.6 Å². The Kier molecular flexibility index (Phi) is 9.59. The van der Waals surface area contributed by atoms with Crippen LogP contribution >= 0.6 is 0 Å². The molecule has 2 aliphatic rings. The van der Waals surface area contributed by atoms with Gasteiger partial charge in [-0.3, -0.25) is 24.7 Å². The number of nitrogens with one attached hydrogen (secondary N) is 2. The summed E-state index contributed by atoms with van der Waals surface area (Å²) in [5.74, 6) is -0.862. The van der Waals surface area contributed by atoms with Crippen molar-refractivity contribution in [1.82, 2.24) is 20.5 Å². The van der Waals surface area contributed by atoms with Crippen LogP contribution in [0, 0.1) is 5.92 Å². The summed E-state index contributed by atoms with van der Waals surface area (Å²) in [6.07, 6.45) is 10.8. The number of esters is 1. The summed E-state index contributed by atoms with van der Waals surface area (Å²) in [5, 5.41) is 17.6. The highest BCUT2D eigenvalue weighted by Crippen LogP contribution is 2.28. The zero-order valence-electron chi connectivity index (χ0n) is 20.0. The minimum absolute atomic E-state index is 0.0571. The van der Waals surface area contributed by atoms with Crippen molar-refractivity contribution < 1.29 is 24.3 Å². The molecule has 0 saturated heterocycles. The van der Waals surface area contributed by atoms with Gasteiger partial charge in [-0.15, -0.1) is 0 Å². The van der Waals surface area contributed by atoms with Crippen molar-refractivity contribution in [2.45, 2.75) is 57.2 Å². The van der Waals surface area contributed by atoms with Crippen LogP contribution < -0.4 is 16.4 Å². The summed E-state index contributed by atoms with van der Waals surface area (Å²) in [4.78, 5) is 44.2. The van der Waals surface area contributed by atoms with Gasteiger partial charge >= 0.3 is 5.97 Å². The number of pyridine rings is 1. The SMILES string of the molecule is COC(=O)CNC(C(=O)N1CC=CCC1C(=O)NCc1ccc(/C(N)=N\O)nc1)C1CCCCC1. The second-order valence-corrected chi connectivity index (χ2v) is 8.80. The fraction of sp³-hybridized carbons (Fsp3) is 0.542. The van der Waals surface area contributed by atoms with Crippen LogP contribution in [-0.2, 0) is 25.7 Å². The van der Waals surface area contributed by atoms with Crippen molar-refractivity contribution in [3.63, 3.8) is 0 Å². The number of amides is 2. The minimum atomic E-state index is -0.650. The second kappa shape index (κ2) is 12.8. The van der Waals surface area contributed by atoms with Gasteiger partial charge in [0, 0.05) is 19.3 Å². The first-order valence-corrected chi connectivity index (χ1v) is 11.9. The molecule has 0 aromatic carbocycles. The molecule has 0 spiro atoms. The summed E-state index contributed by atoms with van der Waals surface area (Å²) in [7, 11) is 1.31. The molecule has 1 saturated carbocycles. The quantitative estimate of drug-likeness (QED) is 0.0989. The molecule has 1 aromatic heterocycles. The van der Waals surface area contributed by atoms with Gasteiger partial charge < -0.3 is 25.9 Å². The Morgan fingerprint density at radius 2 is 2.03 bits per heavy atom. The largest absolute Gasteiger partial charge is 0.468 e. The van der Waals surface area contributed by atoms with Gasteiger partial charge in [-0.2, -0.15) is 0 Å². The van der Waals surface area contributed by atoms with Crippen molar-refractivity contribution in [1.29, 1.82) is 0 Å². The van der Waals surface area contributed by atoms with Gasteiger partial charge in [0.05, 0.1) is 19.7 Å². The van der Waals surface area contributed by atoms with Gasteiger partial charge in [-0.25, -0.2) is 0 Å². The van der Waals surface area contributed by atoms with Crippen molar-refractivity contribution >= 4 is 23.6 Å². The Balaban J connectivity index is 1.67. The standard InChI is InChI=1S/C24H34N6O5/c1-35-20(31)15-27-21(17-7-3-2-4-8-17)24(33)30-12-6-5-9-19(30)23(32)28-14-16-10-11-18(26-13-16)22(25)29-34/h5-6,10-11,13,17,19,21,27,34H,2-4,7-9,12,14-15H2,1H3,(H2,25,29)(H,28,32). The lowest BCUT2D eigenvalue weighted by molar-refractivity contribution is -0.144. The molecule has 0 bridgehead atoms. The van der Waals surface area contributed by atoms with Gasteiger partial charge in [-0.1, -0.05) is 42.6 Å². The lowest BCUT2D eigenvalue weighted by atomic mass is 9.83. The summed E-state index contributed by atoms with van der Waals surface area (Å²) < 4.78 is 4.74. The van der Waals surface area contributed by atoms with Gasteiger partial charge in [-0.05, 0) is 36.8 Å². The number of ether oxygens (including phenoxy) is 1. The monoisotopic (exact) mass is 486 g/mol. The van der Waals surface area contributed by atoms with Crippen LogP contribution in [0.2, 0.25) is 0 Å². The molecule has 190 valence electrons. The molecule has 2 atom stereocenters. The average Bonchev–Trinajstić information content (AvgIpc) is 2.91. The molecule has 3 rings (SSSR count). The number of carbonyl (C=O) groups is 3. The maximum atomic E-state index is 13.7. The van der Waals surface area contributed by atoms with E-state index in [0.29, 0.717) is 18.7 Å². The number of aromatic nitrogens is 1. The highest BCUT2D eigenvalue weighted by molar-refractivity contribution is 5.95. The molecule has 1 aliphatic heterocycles. The Morgan fingerprint density at radius 3 is 2.69 bits per heavy atom. The van der Waals surface area contributed by atoms with E-state index in [2.05, 4.69) is 20.8 Å². The Morgan fingerprint density at radius 1 is 1.26 bits per heavy atom. The molecule has 5 N–H and O–H groups in total. The number of amidine groups is 1. The molecule has 1 fully saturated rings. The van der Waals surface area contributed by atoms with E-state index in [4.69, 9.17) is 15.7 Å². The maximum absolute atomic E-state index is 13.7. The predicted molar refractivity (Wildman–Crippen MR) is 128 cm³/mol. The van der Waals surface area contributed by atoms with Crippen LogP contribution in [0.3, 0.4) is 0 Å². The number of nitrogens with two attached hydrogens (primary N) is 1. The number of methoxy groups -OCH3 is 1. The van der Waals surface area contributed by atoms with E-state index >= 15 is 0 Å². The molecule has 0 radical (unpaired) electrons. The van der Waals surface area contributed by atoms with E-state index in [-0.39, 0.29) is 36.7 Å². The number of carbonyl (C=O) groups excluding carboxylic acids is 3. The van der Waals surface area contributed by atoms with Gasteiger partial charge in [0.15, 0.2) is 5.84 Å². The number of hydrogen-bond donors (Lipinski definition) is 4. The molecule has 11 nitrogen and oxygen atoms in total. The van der Waals surface area contributed by atoms with E-state index < -0.39 is 18.1 Å². The fourth-order valence-electron chi connectivity index (χ4n) is 4.57. The molecule has 11 heteroatoms. The van der Waals surface area contributed by atoms with E-state index in [0.717, 1.165) is 37.7 Å². The molecule has 2 heterocycles. The van der Waals surface area contributed by atoms with E-state index in [1.165, 1.54) is 13.3 Å². The molecular weight excluding hydrogens is 452 g/mol. The third-order valence-corrected chi connectivity index (χ3v) is 6.53. The molecule has 35 heavy (non-hydrogen) atoms. The molecule has 1 aliphatic carbocycles. The first-order valence-electron chi connectivity index (χ1n) is 11.9. The van der Waals surface area contributed by atoms with Crippen LogP contribution in [0.25, 0.3) is 0 Å². The average molecular weight is 487 g/mol. The maximum Gasteiger partial charge on any atom is 0.319 e. The highest BCUT2D eigenvalue weighted by Gasteiger charge is 2.37. The number of nitrogens with zero attached hydrogens (tertiary/aromatic N) is 3. The van der Waals surface area contributed by atoms with E-state index in [9.17, 15) is 14.4 Å². The molecule has 2 unspecified atom stereocenters. The topological polar surface area (TPSA) is 159 Å². The number of oxime groups is 1.